The molecule has 0 fully saturated rings. The summed E-state index contributed by atoms with van der Waals surface area (Å²) in [6, 6.07) is 12.7. The number of dihydropyridines is 1. The minimum Gasteiger partial charge on any atom is -0.488 e. The Hall–Kier alpha value is -3.31. The van der Waals surface area contributed by atoms with Gasteiger partial charge >= 0.3 is 5.97 Å². The molecular weight excluding hydrogens is 414 g/mol. The van der Waals surface area contributed by atoms with Gasteiger partial charge in [-0.2, -0.15) is 0 Å². The molecule has 0 spiro atoms. The van der Waals surface area contributed by atoms with Crippen molar-refractivity contribution in [3.05, 3.63) is 93.7 Å². The molecule has 158 valence electrons. The Kier molecular flexibility index (Phi) is 5.70. The molecule has 6 heteroatoms. The Morgan fingerprint density at radius 1 is 1.23 bits per heavy atom. The first-order chi connectivity index (χ1) is 15.0. The van der Waals surface area contributed by atoms with Gasteiger partial charge in [-0.3, -0.25) is 4.79 Å². The summed E-state index contributed by atoms with van der Waals surface area (Å²) in [6.45, 7) is 7.77. The van der Waals surface area contributed by atoms with Crippen LogP contribution in [0.2, 0.25) is 5.02 Å². The molecule has 1 atom stereocenters. The van der Waals surface area contributed by atoms with Crippen LogP contribution in [-0.4, -0.2) is 25.0 Å². The lowest BCUT2D eigenvalue weighted by atomic mass is 9.80. The molecule has 0 saturated carbocycles. The Bertz CT molecular complexity index is 1160. The van der Waals surface area contributed by atoms with Gasteiger partial charge in [0.1, 0.15) is 12.4 Å². The molecule has 1 N–H and O–H groups in total. The van der Waals surface area contributed by atoms with Crippen molar-refractivity contribution in [3.63, 3.8) is 0 Å². The molecular formula is C25H22ClNO4. The monoisotopic (exact) mass is 435 g/mol. The van der Waals surface area contributed by atoms with E-state index < -0.39 is 11.9 Å². The van der Waals surface area contributed by atoms with Crippen LogP contribution < -0.4 is 10.1 Å². The van der Waals surface area contributed by atoms with Gasteiger partial charge in [0.2, 0.25) is 0 Å². The predicted octanol–water partition coefficient (Wildman–Crippen LogP) is 5.04. The number of ketones is 1. The van der Waals surface area contributed by atoms with Gasteiger partial charge in [-0.25, -0.2) is 4.79 Å². The van der Waals surface area contributed by atoms with Crippen molar-refractivity contribution < 1.29 is 19.1 Å². The van der Waals surface area contributed by atoms with E-state index in [0.717, 1.165) is 11.3 Å². The van der Waals surface area contributed by atoms with E-state index in [1.54, 1.807) is 31.2 Å². The smallest absolute Gasteiger partial charge is 0.336 e. The van der Waals surface area contributed by atoms with E-state index in [1.165, 1.54) is 0 Å². The van der Waals surface area contributed by atoms with Crippen molar-refractivity contribution in [1.82, 2.24) is 5.32 Å². The fraction of sp³-hybridized carbons (Fsp3) is 0.200. The summed E-state index contributed by atoms with van der Waals surface area (Å²) in [6.07, 6.45) is 1.63. The molecule has 2 aromatic rings. The molecule has 1 aliphatic heterocycles. The van der Waals surface area contributed by atoms with Crippen LogP contribution >= 0.6 is 11.6 Å². The van der Waals surface area contributed by atoms with Crippen LogP contribution in [0.25, 0.3) is 5.70 Å². The molecule has 2 aromatic carbocycles. The summed E-state index contributed by atoms with van der Waals surface area (Å²) in [5.74, 6) is -0.676. The first kappa shape index (κ1) is 20.9. The maximum Gasteiger partial charge on any atom is 0.336 e. The van der Waals surface area contributed by atoms with E-state index in [1.807, 2.05) is 31.2 Å². The van der Waals surface area contributed by atoms with E-state index in [9.17, 15) is 9.59 Å². The second kappa shape index (κ2) is 8.44. The molecule has 2 aliphatic rings. The number of halogens is 1. The minimum absolute atomic E-state index is 0.111. The van der Waals surface area contributed by atoms with Crippen LogP contribution in [0.3, 0.4) is 0 Å². The number of esters is 1. The van der Waals surface area contributed by atoms with Crippen molar-refractivity contribution in [1.29, 1.82) is 0 Å². The lowest BCUT2D eigenvalue weighted by molar-refractivity contribution is -0.138. The maximum absolute atomic E-state index is 13.4. The van der Waals surface area contributed by atoms with Crippen LogP contribution in [0.4, 0.5) is 0 Å². The van der Waals surface area contributed by atoms with Crippen molar-refractivity contribution in [2.45, 2.75) is 19.8 Å². The zero-order valence-electron chi connectivity index (χ0n) is 17.3. The number of fused-ring (bicyclic) bond motifs is 2. The van der Waals surface area contributed by atoms with Gasteiger partial charge in [0, 0.05) is 28.3 Å². The third-order valence-electron chi connectivity index (χ3n) is 5.39. The number of allylic oxidation sites excluding steroid dienone is 2. The van der Waals surface area contributed by atoms with Gasteiger partial charge in [0.25, 0.3) is 0 Å². The highest BCUT2D eigenvalue weighted by atomic mass is 35.5. The lowest BCUT2D eigenvalue weighted by Crippen LogP contribution is -2.29. The Morgan fingerprint density at radius 3 is 2.65 bits per heavy atom. The number of rotatable bonds is 6. The second-order valence-electron chi connectivity index (χ2n) is 7.27. The molecule has 4 rings (SSSR count). The molecule has 0 radical (unpaired) electrons. The molecule has 1 heterocycles. The van der Waals surface area contributed by atoms with Crippen molar-refractivity contribution >= 4 is 29.1 Å². The van der Waals surface area contributed by atoms with Crippen LogP contribution in [0.15, 0.2) is 72.0 Å². The minimum atomic E-state index is -0.610. The standard InChI is InChI=1S/C25H22ClNO4/c1-4-12-31-19-11-10-15(13-18(19)26)21-20(25(29)30-5-2)14(3)27-23-16-8-6-7-9-17(16)24(28)22(21)23/h4,6-11,13,21,27H,1,5,12H2,2-3H3/t21-/m1/s1. The molecule has 0 aromatic heterocycles. The summed E-state index contributed by atoms with van der Waals surface area (Å²) in [4.78, 5) is 26.3. The van der Waals surface area contributed by atoms with Crippen LogP contribution in [0.5, 0.6) is 5.75 Å². The van der Waals surface area contributed by atoms with Gasteiger partial charge in [-0.15, -0.1) is 0 Å². The first-order valence-electron chi connectivity index (χ1n) is 10.0. The quantitative estimate of drug-likeness (QED) is 0.509. The Labute approximate surface area is 186 Å². The van der Waals surface area contributed by atoms with Gasteiger partial charge in [-0.05, 0) is 31.5 Å². The van der Waals surface area contributed by atoms with Crippen molar-refractivity contribution in [2.75, 3.05) is 13.2 Å². The highest BCUT2D eigenvalue weighted by molar-refractivity contribution is 6.32. The second-order valence-corrected chi connectivity index (χ2v) is 7.68. The molecule has 0 amide bonds. The Balaban J connectivity index is 1.87. The largest absolute Gasteiger partial charge is 0.488 e. The van der Waals surface area contributed by atoms with Gasteiger partial charge < -0.3 is 14.8 Å². The van der Waals surface area contributed by atoms with Crippen LogP contribution in [-0.2, 0) is 9.53 Å². The third-order valence-corrected chi connectivity index (χ3v) is 5.69. The third kappa shape index (κ3) is 3.55. The number of hydrogen-bond acceptors (Lipinski definition) is 5. The average molecular weight is 436 g/mol. The molecule has 1 aliphatic carbocycles. The number of benzene rings is 2. The molecule has 0 saturated heterocycles. The fourth-order valence-electron chi connectivity index (χ4n) is 4.10. The average Bonchev–Trinajstić information content (AvgIpc) is 3.04. The number of carbonyl (C=O) groups excluding carboxylic acids is 2. The van der Waals surface area contributed by atoms with E-state index in [4.69, 9.17) is 21.1 Å². The lowest BCUT2D eigenvalue weighted by Gasteiger charge is -2.29. The topological polar surface area (TPSA) is 64.6 Å². The van der Waals surface area contributed by atoms with E-state index in [2.05, 4.69) is 11.9 Å². The summed E-state index contributed by atoms with van der Waals surface area (Å²) in [5.41, 5.74) is 4.44. The van der Waals surface area contributed by atoms with Gasteiger partial charge in [-0.1, -0.05) is 54.6 Å². The van der Waals surface area contributed by atoms with Crippen LogP contribution in [0.1, 0.15) is 41.3 Å². The maximum atomic E-state index is 13.4. The number of hydrogen-bond donors (Lipinski definition) is 1. The molecule has 5 nitrogen and oxygen atoms in total. The normalized spacial score (nSPS) is 17.1. The number of ether oxygens (including phenoxy) is 2. The molecule has 31 heavy (non-hydrogen) atoms. The van der Waals surface area contributed by atoms with Gasteiger partial charge in [0.15, 0.2) is 5.78 Å². The number of Topliss-reactive ketones (excluding diaryl/α,β-unsaturated/α-hetero) is 1. The summed E-state index contributed by atoms with van der Waals surface area (Å²) in [5, 5.41) is 3.67. The SMILES string of the molecule is C=CCOc1ccc([C@@H]2C(C(=O)OCC)=C(C)NC3=C2C(=O)c2ccccc23)cc1Cl. The summed E-state index contributed by atoms with van der Waals surface area (Å²) < 4.78 is 10.9. The fourth-order valence-corrected chi connectivity index (χ4v) is 4.35. The zero-order valence-corrected chi connectivity index (χ0v) is 18.1. The predicted molar refractivity (Wildman–Crippen MR) is 120 cm³/mol. The first-order valence-corrected chi connectivity index (χ1v) is 10.4. The van der Waals surface area contributed by atoms with E-state index >= 15 is 0 Å². The Morgan fingerprint density at radius 2 is 1.97 bits per heavy atom. The summed E-state index contributed by atoms with van der Waals surface area (Å²) >= 11 is 6.47. The number of nitrogens with one attached hydrogen (secondary N) is 1. The number of carbonyl (C=O) groups is 2. The van der Waals surface area contributed by atoms with E-state index in [-0.39, 0.29) is 12.4 Å². The highest BCUT2D eigenvalue weighted by Crippen LogP contribution is 2.47. The highest BCUT2D eigenvalue weighted by Gasteiger charge is 2.43. The molecule has 0 unspecified atom stereocenters. The zero-order chi connectivity index (χ0) is 22.1. The van der Waals surface area contributed by atoms with Crippen LogP contribution in [0, 0.1) is 0 Å². The van der Waals surface area contributed by atoms with Crippen molar-refractivity contribution in [2.24, 2.45) is 0 Å². The van der Waals surface area contributed by atoms with E-state index in [0.29, 0.717) is 45.3 Å². The summed E-state index contributed by atoms with van der Waals surface area (Å²) in [7, 11) is 0. The van der Waals surface area contributed by atoms with Gasteiger partial charge in [0.05, 0.1) is 22.9 Å². The molecule has 0 bridgehead atoms. The van der Waals surface area contributed by atoms with Crippen molar-refractivity contribution in [3.8, 4) is 5.75 Å².